The van der Waals surface area contributed by atoms with E-state index in [1.165, 1.54) is 6.08 Å². The van der Waals surface area contributed by atoms with E-state index in [1.54, 1.807) is 24.3 Å². The van der Waals surface area contributed by atoms with Gasteiger partial charge >= 0.3 is 11.9 Å². The van der Waals surface area contributed by atoms with Crippen LogP contribution in [0.2, 0.25) is 0 Å². The summed E-state index contributed by atoms with van der Waals surface area (Å²) in [5, 5.41) is 0. The van der Waals surface area contributed by atoms with Gasteiger partial charge in [0.05, 0.1) is 24.2 Å². The molecule has 1 unspecified atom stereocenters. The molecule has 4 rings (SSSR count). The first kappa shape index (κ1) is 25.9. The van der Waals surface area contributed by atoms with Crippen LogP contribution in [0.4, 0.5) is 0 Å². The highest BCUT2D eigenvalue weighted by atomic mass is 16.5. The maximum atomic E-state index is 13.8. The van der Waals surface area contributed by atoms with Crippen LogP contribution in [0.5, 0.6) is 0 Å². The summed E-state index contributed by atoms with van der Waals surface area (Å²) < 4.78 is 13.1. The molecule has 1 atom stereocenters. The minimum absolute atomic E-state index is 0.233. The summed E-state index contributed by atoms with van der Waals surface area (Å²) in [5.74, 6) is -0.537. The van der Waals surface area contributed by atoms with Crippen LogP contribution in [0.15, 0.2) is 92.1 Å². The van der Waals surface area contributed by atoms with E-state index in [9.17, 15) is 9.59 Å². The van der Waals surface area contributed by atoms with Crippen LogP contribution in [0, 0.1) is 0 Å². The molecule has 2 aromatic carbocycles. The number of hydrogen-bond donors (Lipinski definition) is 0. The Labute approximate surface area is 217 Å². The summed E-state index contributed by atoms with van der Waals surface area (Å²) in [5.41, 5.74) is 2.30. The van der Waals surface area contributed by atoms with Crippen molar-refractivity contribution in [3.63, 3.8) is 0 Å². The Morgan fingerprint density at radius 2 is 1.68 bits per heavy atom. The molecule has 0 amide bonds. The van der Waals surface area contributed by atoms with Crippen LogP contribution in [-0.4, -0.2) is 34.7 Å². The van der Waals surface area contributed by atoms with E-state index in [2.05, 4.69) is 19.2 Å². The van der Waals surface area contributed by atoms with E-state index < -0.39 is 17.4 Å². The van der Waals surface area contributed by atoms with Crippen molar-refractivity contribution in [3.8, 4) is 0 Å². The van der Waals surface area contributed by atoms with Gasteiger partial charge in [0.2, 0.25) is 0 Å². The Kier molecular flexibility index (Phi) is 8.52. The van der Waals surface area contributed by atoms with Gasteiger partial charge in [-0.05, 0) is 55.0 Å². The molecule has 1 aromatic heterocycles. The van der Waals surface area contributed by atoms with Crippen LogP contribution in [0.3, 0.4) is 0 Å². The van der Waals surface area contributed by atoms with Crippen LogP contribution in [0.25, 0.3) is 17.1 Å². The molecular weight excluding hydrogens is 464 g/mol. The second-order valence-corrected chi connectivity index (χ2v) is 8.91. The SMILES string of the molecule is C=CCCCOC(=O)/C=C/C1(C(=O)OCCCC=C)/C=C\c2ccccc2Cn2c1nc1ccccc12. The van der Waals surface area contributed by atoms with Gasteiger partial charge in [-0.1, -0.05) is 60.7 Å². The Morgan fingerprint density at radius 3 is 2.46 bits per heavy atom. The maximum Gasteiger partial charge on any atom is 0.330 e. The third-order valence-electron chi connectivity index (χ3n) is 6.34. The molecular formula is C31H32N2O4. The minimum atomic E-state index is -1.43. The maximum absolute atomic E-state index is 13.8. The van der Waals surface area contributed by atoms with Crippen molar-refractivity contribution >= 4 is 29.0 Å². The number of imidazole rings is 1. The molecule has 0 N–H and O–H groups in total. The first-order valence-corrected chi connectivity index (χ1v) is 12.6. The van der Waals surface area contributed by atoms with Gasteiger partial charge in [0.15, 0.2) is 5.41 Å². The third-order valence-corrected chi connectivity index (χ3v) is 6.34. The van der Waals surface area contributed by atoms with Crippen molar-refractivity contribution in [1.29, 1.82) is 0 Å². The number of carbonyl (C=O) groups excluding carboxylic acids is 2. The van der Waals surface area contributed by atoms with Crippen LogP contribution < -0.4 is 0 Å². The normalized spacial score (nSPS) is 17.3. The molecule has 1 aliphatic rings. The summed E-state index contributed by atoms with van der Waals surface area (Å²) >= 11 is 0. The fraction of sp³-hybridized carbons (Fsp3) is 0.258. The summed E-state index contributed by atoms with van der Waals surface area (Å²) in [7, 11) is 0. The largest absolute Gasteiger partial charge is 0.464 e. The lowest BCUT2D eigenvalue weighted by Crippen LogP contribution is -2.38. The van der Waals surface area contributed by atoms with Gasteiger partial charge in [-0.2, -0.15) is 0 Å². The second-order valence-electron chi connectivity index (χ2n) is 8.91. The summed E-state index contributed by atoms with van der Waals surface area (Å²) in [6, 6.07) is 15.8. The lowest BCUT2D eigenvalue weighted by atomic mass is 9.83. The van der Waals surface area contributed by atoms with Crippen molar-refractivity contribution in [3.05, 3.63) is 109 Å². The van der Waals surface area contributed by atoms with Gasteiger partial charge in [0.1, 0.15) is 5.82 Å². The zero-order chi connectivity index (χ0) is 26.1. The average Bonchev–Trinajstić information content (AvgIpc) is 3.27. The smallest absolute Gasteiger partial charge is 0.330 e. The topological polar surface area (TPSA) is 70.4 Å². The minimum Gasteiger partial charge on any atom is -0.464 e. The number of unbranched alkanes of at least 4 members (excludes halogenated alkanes) is 2. The van der Waals surface area contributed by atoms with Crippen molar-refractivity contribution in [2.45, 2.75) is 37.6 Å². The molecule has 37 heavy (non-hydrogen) atoms. The van der Waals surface area contributed by atoms with Crippen molar-refractivity contribution in [2.24, 2.45) is 0 Å². The molecule has 1 aliphatic heterocycles. The number of aromatic nitrogens is 2. The lowest BCUT2D eigenvalue weighted by molar-refractivity contribution is -0.147. The van der Waals surface area contributed by atoms with E-state index in [0.717, 1.165) is 35.0 Å². The Hall–Kier alpha value is -4.19. The molecule has 6 nitrogen and oxygen atoms in total. The number of nitrogens with zero attached hydrogens (tertiary/aromatic N) is 2. The average molecular weight is 497 g/mol. The molecule has 0 fully saturated rings. The van der Waals surface area contributed by atoms with Crippen molar-refractivity contribution in [1.82, 2.24) is 9.55 Å². The monoisotopic (exact) mass is 496 g/mol. The fourth-order valence-electron chi connectivity index (χ4n) is 4.38. The highest BCUT2D eigenvalue weighted by Gasteiger charge is 2.43. The molecule has 6 heteroatoms. The zero-order valence-electron chi connectivity index (χ0n) is 21.0. The first-order valence-electron chi connectivity index (χ1n) is 12.6. The lowest BCUT2D eigenvalue weighted by Gasteiger charge is -2.28. The molecule has 2 heterocycles. The van der Waals surface area contributed by atoms with Crippen molar-refractivity contribution in [2.75, 3.05) is 13.2 Å². The number of benzene rings is 2. The van der Waals surface area contributed by atoms with Gasteiger partial charge in [-0.15, -0.1) is 13.2 Å². The number of hydrogen-bond acceptors (Lipinski definition) is 5. The van der Waals surface area contributed by atoms with E-state index in [1.807, 2.05) is 53.1 Å². The highest BCUT2D eigenvalue weighted by Crippen LogP contribution is 2.35. The molecule has 0 aliphatic carbocycles. The standard InChI is InChI=1S/C31H32N2O4/c1-3-5-11-21-36-28(34)18-20-31(30(35)37-22-12-6-4-2)19-17-24-13-7-8-14-25(24)23-33-27-16-10-9-15-26(27)32-29(31)33/h3-4,7-10,13-20H,1-2,5-6,11-12,21-23H2/b19-17-,20-18+. The molecule has 0 saturated heterocycles. The number of allylic oxidation sites excluding steroid dienone is 2. The Morgan fingerprint density at radius 1 is 0.973 bits per heavy atom. The summed E-state index contributed by atoms with van der Waals surface area (Å²) in [6.45, 7) is 8.44. The quantitative estimate of drug-likeness (QED) is 0.143. The van der Waals surface area contributed by atoms with Crippen LogP contribution >= 0.6 is 0 Å². The highest BCUT2D eigenvalue weighted by molar-refractivity contribution is 5.93. The van der Waals surface area contributed by atoms with Gasteiger partial charge in [0, 0.05) is 12.6 Å². The molecule has 190 valence electrons. The van der Waals surface area contributed by atoms with Gasteiger partial charge in [-0.25, -0.2) is 9.78 Å². The molecule has 0 bridgehead atoms. The summed E-state index contributed by atoms with van der Waals surface area (Å²) in [6.07, 6.45) is 12.9. The summed E-state index contributed by atoms with van der Waals surface area (Å²) in [4.78, 5) is 31.3. The van der Waals surface area contributed by atoms with Crippen molar-refractivity contribution < 1.29 is 19.1 Å². The fourth-order valence-corrected chi connectivity index (χ4v) is 4.38. The molecule has 3 aromatic rings. The number of fused-ring (bicyclic) bond motifs is 4. The number of carbonyl (C=O) groups is 2. The van der Waals surface area contributed by atoms with E-state index in [4.69, 9.17) is 14.5 Å². The predicted molar refractivity (Wildman–Crippen MR) is 146 cm³/mol. The van der Waals surface area contributed by atoms with Gasteiger partial charge < -0.3 is 14.0 Å². The van der Waals surface area contributed by atoms with Crippen LogP contribution in [0.1, 0.15) is 42.6 Å². The van der Waals surface area contributed by atoms with Gasteiger partial charge in [-0.3, -0.25) is 4.79 Å². The second kappa shape index (κ2) is 12.2. The zero-order valence-corrected chi connectivity index (χ0v) is 21.0. The number of ether oxygens (including phenoxy) is 2. The number of para-hydroxylation sites is 2. The van der Waals surface area contributed by atoms with E-state index >= 15 is 0 Å². The predicted octanol–water partition coefficient (Wildman–Crippen LogP) is 5.92. The Balaban J connectivity index is 1.82. The van der Waals surface area contributed by atoms with E-state index in [0.29, 0.717) is 25.2 Å². The van der Waals surface area contributed by atoms with Gasteiger partial charge in [0.25, 0.3) is 0 Å². The first-order chi connectivity index (χ1) is 18.1. The van der Waals surface area contributed by atoms with E-state index in [-0.39, 0.29) is 13.2 Å². The third kappa shape index (κ3) is 5.80. The molecule has 0 spiro atoms. The number of rotatable bonds is 11. The number of esters is 2. The van der Waals surface area contributed by atoms with Crippen LogP contribution in [-0.2, 0) is 31.0 Å². The molecule has 0 saturated carbocycles. The Bertz CT molecular complexity index is 1350. The molecule has 0 radical (unpaired) electrons.